The summed E-state index contributed by atoms with van der Waals surface area (Å²) in [6, 6.07) is 8.10. The normalized spacial score (nSPS) is 15.1. The Balaban J connectivity index is 2.75. The minimum atomic E-state index is -0.666. The molecule has 1 aromatic carbocycles. The minimum Gasteiger partial charge on any atom is -0.385 e. The van der Waals surface area contributed by atoms with Crippen LogP contribution < -0.4 is 0 Å². The van der Waals surface area contributed by atoms with Crippen LogP contribution in [0.2, 0.25) is 0 Å². The molecule has 0 aromatic heterocycles. The smallest absolute Gasteiger partial charge is 0.0868 e. The second-order valence-electron chi connectivity index (χ2n) is 3.88. The zero-order chi connectivity index (χ0) is 10.6. The van der Waals surface area contributed by atoms with E-state index in [4.69, 9.17) is 0 Å². The minimum absolute atomic E-state index is 0.666. The van der Waals surface area contributed by atoms with Crippen molar-refractivity contribution in [3.05, 3.63) is 33.4 Å². The van der Waals surface area contributed by atoms with Gasteiger partial charge in [0.1, 0.15) is 0 Å². The van der Waals surface area contributed by atoms with E-state index in [1.807, 2.05) is 31.2 Å². The molecule has 0 aliphatic rings. The highest BCUT2D eigenvalue weighted by atomic mass is 127. The largest absolute Gasteiger partial charge is 0.385 e. The second-order valence-corrected chi connectivity index (χ2v) is 5.13. The van der Waals surface area contributed by atoms with E-state index in [-0.39, 0.29) is 0 Å². The summed E-state index contributed by atoms with van der Waals surface area (Å²) in [4.78, 5) is 0. The third-order valence-electron chi connectivity index (χ3n) is 2.48. The molecule has 1 aromatic rings. The van der Waals surface area contributed by atoms with Crippen LogP contribution in [0.25, 0.3) is 0 Å². The first-order valence-corrected chi connectivity index (χ1v) is 6.12. The molecule has 0 radical (unpaired) electrons. The molecule has 0 aliphatic carbocycles. The average Bonchev–Trinajstić information content (AvgIpc) is 2.16. The molecule has 0 amide bonds. The Kier molecular flexibility index (Phi) is 4.38. The van der Waals surface area contributed by atoms with Crippen LogP contribution in [0.1, 0.15) is 38.7 Å². The van der Waals surface area contributed by atoms with E-state index in [9.17, 15) is 5.11 Å². The Morgan fingerprint density at radius 3 is 2.36 bits per heavy atom. The van der Waals surface area contributed by atoms with Gasteiger partial charge in [0.05, 0.1) is 5.60 Å². The van der Waals surface area contributed by atoms with Crippen molar-refractivity contribution in [3.8, 4) is 0 Å². The molecule has 1 N–H and O–H groups in total. The van der Waals surface area contributed by atoms with Crippen molar-refractivity contribution in [2.45, 2.75) is 38.7 Å². The third kappa shape index (κ3) is 3.24. The molecule has 14 heavy (non-hydrogen) atoms. The number of hydrogen-bond acceptors (Lipinski definition) is 1. The van der Waals surface area contributed by atoms with Gasteiger partial charge in [-0.05, 0) is 53.6 Å². The maximum absolute atomic E-state index is 10.2. The molecule has 1 atom stereocenters. The fraction of sp³-hybridized carbons (Fsp3) is 0.500. The first kappa shape index (κ1) is 12.0. The molecule has 0 spiro atoms. The highest BCUT2D eigenvalue weighted by Gasteiger charge is 2.21. The summed E-state index contributed by atoms with van der Waals surface area (Å²) in [7, 11) is 0. The molecule has 1 unspecified atom stereocenters. The lowest BCUT2D eigenvalue weighted by Crippen LogP contribution is -2.20. The molecular weight excluding hydrogens is 287 g/mol. The number of rotatable bonds is 4. The Bertz CT molecular complexity index is 277. The molecule has 1 nitrogen and oxygen atoms in total. The molecular formula is C12H17IO. The molecule has 0 fully saturated rings. The first-order chi connectivity index (χ1) is 6.56. The van der Waals surface area contributed by atoms with Crippen molar-refractivity contribution in [2.75, 3.05) is 0 Å². The Morgan fingerprint density at radius 1 is 1.29 bits per heavy atom. The summed E-state index contributed by atoms with van der Waals surface area (Å²) in [5.74, 6) is 0. The molecule has 0 saturated carbocycles. The van der Waals surface area contributed by atoms with Gasteiger partial charge >= 0.3 is 0 Å². The van der Waals surface area contributed by atoms with Crippen LogP contribution in [-0.4, -0.2) is 5.11 Å². The van der Waals surface area contributed by atoms with Gasteiger partial charge in [-0.15, -0.1) is 0 Å². The molecule has 0 aliphatic heterocycles. The van der Waals surface area contributed by atoms with E-state index >= 15 is 0 Å². The van der Waals surface area contributed by atoms with Gasteiger partial charge in [0.2, 0.25) is 0 Å². The van der Waals surface area contributed by atoms with E-state index in [1.165, 1.54) is 3.57 Å². The van der Waals surface area contributed by atoms with E-state index in [2.05, 4.69) is 29.5 Å². The van der Waals surface area contributed by atoms with Gasteiger partial charge in [0, 0.05) is 3.57 Å². The van der Waals surface area contributed by atoms with Gasteiger partial charge < -0.3 is 5.11 Å². The van der Waals surface area contributed by atoms with Crippen molar-refractivity contribution in [1.29, 1.82) is 0 Å². The first-order valence-electron chi connectivity index (χ1n) is 5.04. The number of hydrogen-bond donors (Lipinski definition) is 1. The lowest BCUT2D eigenvalue weighted by atomic mass is 9.91. The summed E-state index contributed by atoms with van der Waals surface area (Å²) in [6.45, 7) is 4.04. The standard InChI is InChI=1S/C12H17IO/c1-3-4-9-12(2,14)10-5-7-11(13)8-6-10/h5-8,14H,3-4,9H2,1-2H3. The van der Waals surface area contributed by atoms with Crippen LogP contribution in [0.3, 0.4) is 0 Å². The zero-order valence-electron chi connectivity index (χ0n) is 8.76. The topological polar surface area (TPSA) is 20.2 Å². The van der Waals surface area contributed by atoms with Gasteiger partial charge in [-0.2, -0.15) is 0 Å². The zero-order valence-corrected chi connectivity index (χ0v) is 10.9. The molecule has 78 valence electrons. The third-order valence-corrected chi connectivity index (χ3v) is 3.20. The summed E-state index contributed by atoms with van der Waals surface area (Å²) in [5.41, 5.74) is 0.353. The van der Waals surface area contributed by atoms with Crippen molar-refractivity contribution in [2.24, 2.45) is 0 Å². The molecule has 0 heterocycles. The number of benzene rings is 1. The van der Waals surface area contributed by atoms with Crippen molar-refractivity contribution in [1.82, 2.24) is 0 Å². The maximum atomic E-state index is 10.2. The van der Waals surface area contributed by atoms with Crippen LogP contribution in [0.15, 0.2) is 24.3 Å². The molecule has 1 rings (SSSR count). The predicted molar refractivity (Wildman–Crippen MR) is 68.3 cm³/mol. The summed E-state index contributed by atoms with van der Waals surface area (Å²) >= 11 is 2.27. The maximum Gasteiger partial charge on any atom is 0.0868 e. The summed E-state index contributed by atoms with van der Waals surface area (Å²) in [6.07, 6.45) is 3.03. The quantitative estimate of drug-likeness (QED) is 0.841. The van der Waals surface area contributed by atoms with Crippen LogP contribution in [0, 0.1) is 3.57 Å². The number of halogens is 1. The van der Waals surface area contributed by atoms with Crippen molar-refractivity contribution >= 4 is 22.6 Å². The lowest BCUT2D eigenvalue weighted by Gasteiger charge is -2.23. The van der Waals surface area contributed by atoms with Gasteiger partial charge in [-0.3, -0.25) is 0 Å². The van der Waals surface area contributed by atoms with E-state index in [0.29, 0.717) is 0 Å². The Morgan fingerprint density at radius 2 is 1.86 bits per heavy atom. The van der Waals surface area contributed by atoms with Gasteiger partial charge in [0.15, 0.2) is 0 Å². The van der Waals surface area contributed by atoms with E-state index in [1.54, 1.807) is 0 Å². The van der Waals surface area contributed by atoms with Crippen LogP contribution >= 0.6 is 22.6 Å². The van der Waals surface area contributed by atoms with Crippen LogP contribution in [0.5, 0.6) is 0 Å². The number of aliphatic hydroxyl groups is 1. The van der Waals surface area contributed by atoms with Gasteiger partial charge in [0.25, 0.3) is 0 Å². The predicted octanol–water partition coefficient (Wildman–Crippen LogP) is 3.69. The second kappa shape index (κ2) is 5.12. The summed E-state index contributed by atoms with van der Waals surface area (Å²) in [5, 5.41) is 10.2. The van der Waals surface area contributed by atoms with Crippen LogP contribution in [0.4, 0.5) is 0 Å². The fourth-order valence-corrected chi connectivity index (χ4v) is 1.83. The van der Waals surface area contributed by atoms with Crippen LogP contribution in [-0.2, 0) is 5.60 Å². The monoisotopic (exact) mass is 304 g/mol. The average molecular weight is 304 g/mol. The van der Waals surface area contributed by atoms with E-state index in [0.717, 1.165) is 24.8 Å². The Hall–Kier alpha value is -0.0900. The summed E-state index contributed by atoms with van der Waals surface area (Å²) < 4.78 is 1.21. The Labute approximate surface area is 99.7 Å². The van der Waals surface area contributed by atoms with Gasteiger partial charge in [-0.1, -0.05) is 31.9 Å². The number of unbranched alkanes of at least 4 members (excludes halogenated alkanes) is 1. The molecule has 2 heteroatoms. The van der Waals surface area contributed by atoms with Crippen molar-refractivity contribution in [3.63, 3.8) is 0 Å². The highest BCUT2D eigenvalue weighted by Crippen LogP contribution is 2.26. The molecule has 0 bridgehead atoms. The molecule has 0 saturated heterocycles. The lowest BCUT2D eigenvalue weighted by molar-refractivity contribution is 0.0453. The van der Waals surface area contributed by atoms with Crippen molar-refractivity contribution < 1.29 is 5.11 Å². The SMILES string of the molecule is CCCCC(C)(O)c1ccc(I)cc1. The highest BCUT2D eigenvalue weighted by molar-refractivity contribution is 14.1. The fourth-order valence-electron chi connectivity index (χ4n) is 1.47. The van der Waals surface area contributed by atoms with Gasteiger partial charge in [-0.25, -0.2) is 0 Å². The van der Waals surface area contributed by atoms with E-state index < -0.39 is 5.60 Å².